The van der Waals surface area contributed by atoms with Crippen molar-refractivity contribution in [1.29, 1.82) is 15.8 Å². The van der Waals surface area contributed by atoms with Crippen LogP contribution in [0.5, 0.6) is 11.5 Å². The first-order valence-corrected chi connectivity index (χ1v) is 6.65. The molecule has 2 N–H and O–H groups in total. The third kappa shape index (κ3) is 3.58. The molecular formula is C15H11BrN4O2. The number of rotatable bonds is 4. The van der Waals surface area contributed by atoms with Gasteiger partial charge in [-0.25, -0.2) is 0 Å². The lowest BCUT2D eigenvalue weighted by atomic mass is 10.1. The van der Waals surface area contributed by atoms with Crippen LogP contribution in [0, 0.1) is 34.0 Å². The first kappa shape index (κ1) is 17.1. The Kier molecular flexibility index (Phi) is 6.01. The highest BCUT2D eigenvalue weighted by Gasteiger charge is 2.12. The SMILES string of the molecule is COc1cc(C=C(C#N)C(N)=C(C#N)C#N)c(OC)cc1Br. The van der Waals surface area contributed by atoms with Crippen molar-refractivity contribution in [2.75, 3.05) is 14.2 Å². The molecule has 7 heteroatoms. The molecule has 0 amide bonds. The van der Waals surface area contributed by atoms with E-state index in [9.17, 15) is 5.26 Å². The summed E-state index contributed by atoms with van der Waals surface area (Å²) in [5, 5.41) is 26.9. The Labute approximate surface area is 136 Å². The number of methoxy groups -OCH3 is 2. The van der Waals surface area contributed by atoms with Crippen molar-refractivity contribution in [3.63, 3.8) is 0 Å². The number of benzene rings is 1. The van der Waals surface area contributed by atoms with Gasteiger partial charge in [-0.2, -0.15) is 15.8 Å². The van der Waals surface area contributed by atoms with E-state index in [1.165, 1.54) is 20.3 Å². The van der Waals surface area contributed by atoms with E-state index in [4.69, 9.17) is 25.7 Å². The van der Waals surface area contributed by atoms with E-state index in [1.54, 1.807) is 24.3 Å². The molecule has 0 atom stereocenters. The predicted molar refractivity (Wildman–Crippen MR) is 83.3 cm³/mol. The zero-order valence-electron chi connectivity index (χ0n) is 11.8. The summed E-state index contributed by atoms with van der Waals surface area (Å²) in [6, 6.07) is 8.49. The van der Waals surface area contributed by atoms with Crippen LogP contribution in [0.15, 0.2) is 33.4 Å². The topological polar surface area (TPSA) is 116 Å². The van der Waals surface area contributed by atoms with Gasteiger partial charge in [0, 0.05) is 5.56 Å². The lowest BCUT2D eigenvalue weighted by Crippen LogP contribution is -2.03. The Morgan fingerprint density at radius 3 is 2.14 bits per heavy atom. The normalized spacial score (nSPS) is 9.91. The Balaban J connectivity index is 3.55. The summed E-state index contributed by atoms with van der Waals surface area (Å²) < 4.78 is 11.1. The van der Waals surface area contributed by atoms with Crippen molar-refractivity contribution in [3.8, 4) is 29.7 Å². The quantitative estimate of drug-likeness (QED) is 0.653. The molecule has 0 unspecified atom stereocenters. The number of nitrogens with two attached hydrogens (primary N) is 1. The van der Waals surface area contributed by atoms with E-state index in [0.717, 1.165) is 0 Å². The lowest BCUT2D eigenvalue weighted by molar-refractivity contribution is 0.400. The molecule has 1 aromatic carbocycles. The minimum atomic E-state index is -0.323. The van der Waals surface area contributed by atoms with Crippen LogP contribution >= 0.6 is 15.9 Å². The molecule has 0 aliphatic rings. The molecule has 110 valence electrons. The molecule has 0 aliphatic heterocycles. The molecular weight excluding hydrogens is 348 g/mol. The first-order chi connectivity index (χ1) is 10.5. The van der Waals surface area contributed by atoms with Gasteiger partial charge in [0.1, 0.15) is 29.7 Å². The van der Waals surface area contributed by atoms with Crippen molar-refractivity contribution < 1.29 is 9.47 Å². The second-order valence-electron chi connectivity index (χ2n) is 3.91. The molecule has 0 aliphatic carbocycles. The van der Waals surface area contributed by atoms with Crippen molar-refractivity contribution in [3.05, 3.63) is 39.0 Å². The molecule has 1 rings (SSSR count). The highest BCUT2D eigenvalue weighted by molar-refractivity contribution is 9.10. The summed E-state index contributed by atoms with van der Waals surface area (Å²) in [6.07, 6.45) is 1.43. The summed E-state index contributed by atoms with van der Waals surface area (Å²) in [4.78, 5) is 0. The van der Waals surface area contributed by atoms with Gasteiger partial charge >= 0.3 is 0 Å². The molecule has 0 fully saturated rings. The number of ether oxygens (including phenoxy) is 2. The van der Waals surface area contributed by atoms with Gasteiger partial charge in [-0.3, -0.25) is 0 Å². The minimum absolute atomic E-state index is 0.0132. The Hall–Kier alpha value is -2.95. The fourth-order valence-electron chi connectivity index (χ4n) is 1.60. The summed E-state index contributed by atoms with van der Waals surface area (Å²) >= 11 is 3.33. The molecule has 0 radical (unpaired) electrons. The molecule has 22 heavy (non-hydrogen) atoms. The molecule has 0 heterocycles. The fraction of sp³-hybridized carbons (Fsp3) is 0.133. The van der Waals surface area contributed by atoms with Crippen molar-refractivity contribution in [1.82, 2.24) is 0 Å². The van der Waals surface area contributed by atoms with Crippen molar-refractivity contribution >= 4 is 22.0 Å². The summed E-state index contributed by atoms with van der Waals surface area (Å²) in [7, 11) is 2.98. The monoisotopic (exact) mass is 358 g/mol. The van der Waals surface area contributed by atoms with Crippen LogP contribution in [0.3, 0.4) is 0 Å². The molecule has 0 aromatic heterocycles. The predicted octanol–water partition coefficient (Wildman–Crippen LogP) is 2.63. The lowest BCUT2D eigenvalue weighted by Gasteiger charge is -2.10. The highest BCUT2D eigenvalue weighted by atomic mass is 79.9. The maximum absolute atomic E-state index is 9.21. The summed E-state index contributed by atoms with van der Waals surface area (Å²) in [5.74, 6) is 1.01. The van der Waals surface area contributed by atoms with E-state index in [2.05, 4.69) is 15.9 Å². The Bertz CT molecular complexity index is 760. The van der Waals surface area contributed by atoms with Crippen molar-refractivity contribution in [2.45, 2.75) is 0 Å². The summed E-state index contributed by atoms with van der Waals surface area (Å²) in [6.45, 7) is 0. The van der Waals surface area contributed by atoms with Crippen LogP contribution in [-0.4, -0.2) is 14.2 Å². The number of hydrogen-bond acceptors (Lipinski definition) is 6. The number of nitriles is 3. The van der Waals surface area contributed by atoms with Crippen LogP contribution < -0.4 is 15.2 Å². The zero-order chi connectivity index (χ0) is 16.7. The van der Waals surface area contributed by atoms with Gasteiger partial charge in [0.25, 0.3) is 0 Å². The number of halogens is 1. The Morgan fingerprint density at radius 1 is 1.09 bits per heavy atom. The van der Waals surface area contributed by atoms with Gasteiger partial charge in [0.05, 0.1) is 30.0 Å². The van der Waals surface area contributed by atoms with E-state index >= 15 is 0 Å². The van der Waals surface area contributed by atoms with Crippen LogP contribution in [0.1, 0.15) is 5.56 Å². The van der Waals surface area contributed by atoms with Crippen LogP contribution in [-0.2, 0) is 0 Å². The standard InChI is InChI=1S/C15H11BrN4O2/c1-21-13-5-12(16)14(22-2)4-9(13)3-10(6-17)15(20)11(7-18)8-19/h3-5H,20H2,1-2H3. The summed E-state index contributed by atoms with van der Waals surface area (Å²) in [5.41, 5.74) is 5.70. The fourth-order valence-corrected chi connectivity index (χ4v) is 2.09. The molecule has 6 nitrogen and oxygen atoms in total. The van der Waals surface area contributed by atoms with Gasteiger partial charge in [-0.15, -0.1) is 0 Å². The number of nitrogens with zero attached hydrogens (tertiary/aromatic N) is 3. The molecule has 1 aromatic rings. The second kappa shape index (κ2) is 7.73. The average Bonchev–Trinajstić information content (AvgIpc) is 2.54. The van der Waals surface area contributed by atoms with Gasteiger partial charge in [0.15, 0.2) is 5.57 Å². The minimum Gasteiger partial charge on any atom is -0.496 e. The highest BCUT2D eigenvalue weighted by Crippen LogP contribution is 2.34. The maximum Gasteiger partial charge on any atom is 0.153 e. The van der Waals surface area contributed by atoms with E-state index in [0.29, 0.717) is 21.5 Å². The van der Waals surface area contributed by atoms with Gasteiger partial charge in [-0.1, -0.05) is 0 Å². The number of hydrogen-bond donors (Lipinski definition) is 1. The Morgan fingerprint density at radius 2 is 1.68 bits per heavy atom. The first-order valence-electron chi connectivity index (χ1n) is 5.86. The van der Waals surface area contributed by atoms with Crippen molar-refractivity contribution in [2.24, 2.45) is 5.73 Å². The third-order valence-corrected chi connectivity index (χ3v) is 3.33. The van der Waals surface area contributed by atoms with Gasteiger partial charge in [-0.05, 0) is 34.1 Å². The number of allylic oxidation sites excluding steroid dienone is 2. The van der Waals surface area contributed by atoms with Crippen LogP contribution in [0.2, 0.25) is 0 Å². The molecule has 0 saturated carbocycles. The second-order valence-corrected chi connectivity index (χ2v) is 4.77. The largest absolute Gasteiger partial charge is 0.496 e. The average molecular weight is 359 g/mol. The molecule has 0 saturated heterocycles. The zero-order valence-corrected chi connectivity index (χ0v) is 13.4. The third-order valence-electron chi connectivity index (χ3n) is 2.71. The maximum atomic E-state index is 9.21. The van der Waals surface area contributed by atoms with Gasteiger partial charge in [0.2, 0.25) is 0 Å². The van der Waals surface area contributed by atoms with Gasteiger partial charge < -0.3 is 15.2 Å². The van der Waals surface area contributed by atoms with E-state index < -0.39 is 0 Å². The van der Waals surface area contributed by atoms with E-state index in [-0.39, 0.29) is 16.8 Å². The van der Waals surface area contributed by atoms with E-state index in [1.807, 2.05) is 6.07 Å². The van der Waals surface area contributed by atoms with Crippen LogP contribution in [0.25, 0.3) is 6.08 Å². The van der Waals surface area contributed by atoms with Crippen LogP contribution in [0.4, 0.5) is 0 Å². The molecule has 0 bridgehead atoms. The molecule has 0 spiro atoms. The smallest absolute Gasteiger partial charge is 0.153 e.